The number of likely N-dealkylation sites (N-methyl/N-ethyl adjacent to an activating group) is 2. The van der Waals surface area contributed by atoms with E-state index in [0.717, 1.165) is 11.1 Å². The summed E-state index contributed by atoms with van der Waals surface area (Å²) in [5, 5.41) is 5.16. The molecule has 3 aromatic rings. The molecular formula is C24H31N5O2. The Balaban J connectivity index is 2.06. The highest BCUT2D eigenvalue weighted by molar-refractivity contribution is 6.07. The first-order chi connectivity index (χ1) is 14.8. The molecule has 0 saturated carbocycles. The van der Waals surface area contributed by atoms with Crippen molar-refractivity contribution in [2.24, 2.45) is 0 Å². The quantitative estimate of drug-likeness (QED) is 0.580. The van der Waals surface area contributed by atoms with Crippen molar-refractivity contribution < 1.29 is 9.59 Å². The number of fused-ring (bicyclic) bond motifs is 1. The van der Waals surface area contributed by atoms with Gasteiger partial charge in [0.05, 0.1) is 29.4 Å². The van der Waals surface area contributed by atoms with Gasteiger partial charge in [0.2, 0.25) is 5.91 Å². The van der Waals surface area contributed by atoms with Crippen LogP contribution < -0.4 is 0 Å². The number of carbonyl (C=O) groups is 2. The van der Waals surface area contributed by atoms with Crippen molar-refractivity contribution in [1.29, 1.82) is 0 Å². The van der Waals surface area contributed by atoms with Gasteiger partial charge in [0.1, 0.15) is 0 Å². The Kier molecular flexibility index (Phi) is 6.73. The number of nitrogens with zero attached hydrogens (tertiary/aromatic N) is 5. The fourth-order valence-corrected chi connectivity index (χ4v) is 3.60. The van der Waals surface area contributed by atoms with E-state index in [4.69, 9.17) is 4.98 Å². The SMILES string of the molecule is CCN(CC)C(=O)CN(C)C(=O)c1cc(-c2ccc(C)cc2)nc2c1cnn2C(C)C. The number of aryl methyl sites for hydroxylation is 1. The number of aromatic nitrogens is 3. The largest absolute Gasteiger partial charge is 0.342 e. The third kappa shape index (κ3) is 4.60. The maximum atomic E-state index is 13.4. The molecule has 164 valence electrons. The average molecular weight is 422 g/mol. The first-order valence-electron chi connectivity index (χ1n) is 10.7. The van der Waals surface area contributed by atoms with Crippen LogP contribution in [-0.4, -0.2) is 63.1 Å². The van der Waals surface area contributed by atoms with Crippen molar-refractivity contribution in [2.45, 2.75) is 40.7 Å². The van der Waals surface area contributed by atoms with E-state index in [2.05, 4.69) is 5.10 Å². The van der Waals surface area contributed by atoms with Crippen LogP contribution in [0.5, 0.6) is 0 Å². The van der Waals surface area contributed by atoms with E-state index in [9.17, 15) is 9.59 Å². The predicted octanol–water partition coefficient (Wildman–Crippen LogP) is 3.93. The van der Waals surface area contributed by atoms with Crippen LogP contribution in [0.3, 0.4) is 0 Å². The molecular weight excluding hydrogens is 390 g/mol. The molecule has 7 heteroatoms. The maximum absolute atomic E-state index is 13.4. The van der Waals surface area contributed by atoms with Gasteiger partial charge in [-0.1, -0.05) is 29.8 Å². The Morgan fingerprint density at radius 1 is 1.10 bits per heavy atom. The Morgan fingerprint density at radius 3 is 2.32 bits per heavy atom. The summed E-state index contributed by atoms with van der Waals surface area (Å²) in [4.78, 5) is 34.0. The van der Waals surface area contributed by atoms with Crippen LogP contribution in [0.15, 0.2) is 36.5 Å². The van der Waals surface area contributed by atoms with E-state index >= 15 is 0 Å². The summed E-state index contributed by atoms with van der Waals surface area (Å²) < 4.78 is 1.82. The second kappa shape index (κ2) is 9.29. The molecule has 3 rings (SSSR count). The number of benzene rings is 1. The van der Waals surface area contributed by atoms with E-state index in [-0.39, 0.29) is 24.4 Å². The molecule has 2 aromatic heterocycles. The third-order valence-corrected chi connectivity index (χ3v) is 5.47. The van der Waals surface area contributed by atoms with Crippen molar-refractivity contribution in [3.8, 4) is 11.3 Å². The monoisotopic (exact) mass is 421 g/mol. The minimum Gasteiger partial charge on any atom is -0.342 e. The third-order valence-electron chi connectivity index (χ3n) is 5.47. The van der Waals surface area contributed by atoms with Crippen molar-refractivity contribution in [1.82, 2.24) is 24.6 Å². The highest BCUT2D eigenvalue weighted by atomic mass is 16.2. The summed E-state index contributed by atoms with van der Waals surface area (Å²) in [6.45, 7) is 11.2. The second-order valence-electron chi connectivity index (χ2n) is 8.07. The molecule has 7 nitrogen and oxygen atoms in total. The van der Waals surface area contributed by atoms with E-state index in [1.165, 1.54) is 4.90 Å². The highest BCUT2D eigenvalue weighted by Crippen LogP contribution is 2.27. The standard InChI is InChI=1S/C24H31N5O2/c1-7-28(8-2)22(30)15-27(6)24(31)19-13-21(18-11-9-17(5)10-12-18)26-23-20(19)14-25-29(23)16(3)4/h9-14,16H,7-8,15H2,1-6H3. The van der Waals surface area contributed by atoms with Gasteiger partial charge in [-0.05, 0) is 40.7 Å². The molecule has 0 bridgehead atoms. The molecule has 0 aliphatic rings. The van der Waals surface area contributed by atoms with Crippen LogP contribution in [0, 0.1) is 6.92 Å². The first-order valence-corrected chi connectivity index (χ1v) is 10.7. The molecule has 0 saturated heterocycles. The summed E-state index contributed by atoms with van der Waals surface area (Å²) in [6.07, 6.45) is 1.69. The number of hydrogen-bond donors (Lipinski definition) is 0. The van der Waals surface area contributed by atoms with E-state index in [1.54, 1.807) is 24.2 Å². The zero-order valence-corrected chi connectivity index (χ0v) is 19.2. The molecule has 0 fully saturated rings. The summed E-state index contributed by atoms with van der Waals surface area (Å²) >= 11 is 0. The second-order valence-corrected chi connectivity index (χ2v) is 8.07. The minimum atomic E-state index is -0.218. The Labute approximate surface area is 183 Å². The van der Waals surface area contributed by atoms with E-state index < -0.39 is 0 Å². The van der Waals surface area contributed by atoms with Gasteiger partial charge in [0, 0.05) is 31.7 Å². The number of carbonyl (C=O) groups excluding carboxylic acids is 2. The van der Waals surface area contributed by atoms with Gasteiger partial charge in [-0.2, -0.15) is 5.10 Å². The van der Waals surface area contributed by atoms with Gasteiger partial charge >= 0.3 is 0 Å². The zero-order chi connectivity index (χ0) is 22.7. The van der Waals surface area contributed by atoms with Crippen LogP contribution in [0.4, 0.5) is 0 Å². The Morgan fingerprint density at radius 2 is 1.74 bits per heavy atom. The van der Waals surface area contributed by atoms with Crippen LogP contribution >= 0.6 is 0 Å². The summed E-state index contributed by atoms with van der Waals surface area (Å²) in [6, 6.07) is 9.96. The van der Waals surface area contributed by atoms with Crippen molar-refractivity contribution in [2.75, 3.05) is 26.7 Å². The number of amides is 2. The van der Waals surface area contributed by atoms with Crippen LogP contribution in [-0.2, 0) is 4.79 Å². The molecule has 0 aliphatic carbocycles. The van der Waals surface area contributed by atoms with E-state index in [0.29, 0.717) is 35.4 Å². The lowest BCUT2D eigenvalue weighted by Crippen LogP contribution is -2.41. The maximum Gasteiger partial charge on any atom is 0.254 e. The van der Waals surface area contributed by atoms with Crippen LogP contribution in [0.25, 0.3) is 22.3 Å². The number of rotatable bonds is 7. The molecule has 0 radical (unpaired) electrons. The number of hydrogen-bond acceptors (Lipinski definition) is 4. The normalized spacial score (nSPS) is 11.2. The topological polar surface area (TPSA) is 71.3 Å². The van der Waals surface area contributed by atoms with Crippen molar-refractivity contribution in [3.05, 3.63) is 47.7 Å². The average Bonchev–Trinajstić information content (AvgIpc) is 3.18. The van der Waals surface area contributed by atoms with Crippen molar-refractivity contribution in [3.63, 3.8) is 0 Å². The molecule has 0 unspecified atom stereocenters. The fourth-order valence-electron chi connectivity index (χ4n) is 3.60. The van der Waals surface area contributed by atoms with E-state index in [1.807, 2.05) is 63.6 Å². The van der Waals surface area contributed by atoms with Crippen LogP contribution in [0.1, 0.15) is 49.7 Å². The van der Waals surface area contributed by atoms with Gasteiger partial charge in [-0.3, -0.25) is 9.59 Å². The predicted molar refractivity (Wildman–Crippen MR) is 123 cm³/mol. The van der Waals surface area contributed by atoms with Crippen molar-refractivity contribution >= 4 is 22.8 Å². The number of pyridine rings is 1. The first kappa shape index (κ1) is 22.5. The summed E-state index contributed by atoms with van der Waals surface area (Å²) in [5.41, 5.74) is 3.96. The fraction of sp³-hybridized carbons (Fsp3) is 0.417. The molecule has 2 amide bonds. The zero-order valence-electron chi connectivity index (χ0n) is 19.2. The molecule has 2 heterocycles. The molecule has 0 N–H and O–H groups in total. The highest BCUT2D eigenvalue weighted by Gasteiger charge is 2.23. The lowest BCUT2D eigenvalue weighted by Gasteiger charge is -2.23. The lowest BCUT2D eigenvalue weighted by molar-refractivity contribution is -0.131. The molecule has 0 aliphatic heterocycles. The van der Waals surface area contributed by atoms with Crippen LogP contribution in [0.2, 0.25) is 0 Å². The Bertz CT molecular complexity index is 1080. The molecule has 0 atom stereocenters. The Hall–Kier alpha value is -3.22. The molecule has 31 heavy (non-hydrogen) atoms. The van der Waals surface area contributed by atoms with Gasteiger partial charge in [0.25, 0.3) is 5.91 Å². The van der Waals surface area contributed by atoms with Gasteiger partial charge < -0.3 is 9.80 Å². The minimum absolute atomic E-state index is 0.0303. The summed E-state index contributed by atoms with van der Waals surface area (Å²) in [7, 11) is 1.66. The van der Waals surface area contributed by atoms with Gasteiger partial charge in [-0.25, -0.2) is 9.67 Å². The lowest BCUT2D eigenvalue weighted by atomic mass is 10.0. The van der Waals surface area contributed by atoms with Gasteiger partial charge in [-0.15, -0.1) is 0 Å². The van der Waals surface area contributed by atoms with Gasteiger partial charge in [0.15, 0.2) is 5.65 Å². The molecule has 0 spiro atoms. The smallest absolute Gasteiger partial charge is 0.254 e. The molecule has 1 aromatic carbocycles. The summed E-state index contributed by atoms with van der Waals surface area (Å²) in [5.74, 6) is -0.285.